The number of piperazine rings is 1. The molecule has 0 aliphatic carbocycles. The summed E-state index contributed by atoms with van der Waals surface area (Å²) in [7, 11) is 0. The van der Waals surface area contributed by atoms with E-state index >= 15 is 0 Å². The van der Waals surface area contributed by atoms with Gasteiger partial charge in [-0.15, -0.1) is 0 Å². The molecule has 2 heterocycles. The number of benzene rings is 2. The van der Waals surface area contributed by atoms with E-state index in [-0.39, 0.29) is 11.8 Å². The first-order valence-corrected chi connectivity index (χ1v) is 13.2. The predicted molar refractivity (Wildman–Crippen MR) is 137 cm³/mol. The summed E-state index contributed by atoms with van der Waals surface area (Å²) in [5.74, 6) is -0.253. The van der Waals surface area contributed by atoms with Crippen LogP contribution in [0.3, 0.4) is 0 Å². The number of amides is 2. The first-order chi connectivity index (χ1) is 16.7. The van der Waals surface area contributed by atoms with Crippen molar-refractivity contribution in [2.75, 3.05) is 39.3 Å². The standard InChI is InChI=1S/C29H39N3O2/c33-28-26-16-10-11-17-27(26)29(34)32(28)19-13-6-4-2-1-3-5-12-18-30-20-22-31(23-21-30)24-25-14-8-7-9-15-25/h7-11,14-17H,1-6,12-13,18-24H2. The van der Waals surface area contributed by atoms with Gasteiger partial charge in [0, 0.05) is 39.3 Å². The fraction of sp³-hybridized carbons (Fsp3) is 0.517. The molecule has 0 aromatic heterocycles. The molecule has 2 aromatic rings. The lowest BCUT2D eigenvalue weighted by Crippen LogP contribution is -2.46. The van der Waals surface area contributed by atoms with E-state index in [4.69, 9.17) is 0 Å². The first-order valence-electron chi connectivity index (χ1n) is 13.2. The Morgan fingerprint density at radius 2 is 1.00 bits per heavy atom. The highest BCUT2D eigenvalue weighted by Gasteiger charge is 2.34. The summed E-state index contributed by atoms with van der Waals surface area (Å²) >= 11 is 0. The number of nitrogens with zero attached hydrogens (tertiary/aromatic N) is 3. The van der Waals surface area contributed by atoms with Gasteiger partial charge in [0.2, 0.25) is 0 Å². The predicted octanol–water partition coefficient (Wildman–Crippen LogP) is 5.22. The molecule has 4 rings (SSSR count). The number of imide groups is 1. The molecular formula is C29H39N3O2. The number of carbonyl (C=O) groups excluding carboxylic acids is 2. The van der Waals surface area contributed by atoms with E-state index < -0.39 is 0 Å². The Balaban J connectivity index is 0.973. The second kappa shape index (κ2) is 12.8. The van der Waals surface area contributed by atoms with Crippen molar-refractivity contribution in [3.05, 3.63) is 71.3 Å². The van der Waals surface area contributed by atoms with Crippen molar-refractivity contribution in [2.24, 2.45) is 0 Å². The maximum atomic E-state index is 12.4. The van der Waals surface area contributed by atoms with Crippen molar-refractivity contribution in [1.82, 2.24) is 14.7 Å². The molecule has 0 unspecified atom stereocenters. The molecule has 2 amide bonds. The fourth-order valence-electron chi connectivity index (χ4n) is 5.12. The monoisotopic (exact) mass is 461 g/mol. The van der Waals surface area contributed by atoms with Gasteiger partial charge in [-0.3, -0.25) is 19.4 Å². The molecule has 2 aliphatic rings. The Bertz CT molecular complexity index is 887. The van der Waals surface area contributed by atoms with Gasteiger partial charge in [-0.05, 0) is 37.1 Å². The van der Waals surface area contributed by atoms with Gasteiger partial charge in [-0.2, -0.15) is 0 Å². The van der Waals surface area contributed by atoms with Gasteiger partial charge in [0.15, 0.2) is 0 Å². The van der Waals surface area contributed by atoms with E-state index in [2.05, 4.69) is 40.1 Å². The van der Waals surface area contributed by atoms with Crippen LogP contribution in [0.1, 0.15) is 77.6 Å². The summed E-state index contributed by atoms with van der Waals surface area (Å²) in [5, 5.41) is 0. The summed E-state index contributed by atoms with van der Waals surface area (Å²) in [6.45, 7) is 7.60. The second-order valence-electron chi connectivity index (χ2n) is 9.74. The molecule has 34 heavy (non-hydrogen) atoms. The zero-order chi connectivity index (χ0) is 23.6. The van der Waals surface area contributed by atoms with Crippen molar-refractivity contribution >= 4 is 11.8 Å². The molecule has 0 atom stereocenters. The first kappa shape index (κ1) is 24.6. The third-order valence-corrected chi connectivity index (χ3v) is 7.20. The maximum Gasteiger partial charge on any atom is 0.261 e. The smallest absolute Gasteiger partial charge is 0.261 e. The van der Waals surface area contributed by atoms with E-state index in [0.717, 1.165) is 19.4 Å². The van der Waals surface area contributed by atoms with Crippen LogP contribution in [0.5, 0.6) is 0 Å². The molecule has 0 saturated carbocycles. The van der Waals surface area contributed by atoms with Gasteiger partial charge >= 0.3 is 0 Å². The van der Waals surface area contributed by atoms with Crippen LogP contribution >= 0.6 is 0 Å². The summed E-state index contributed by atoms with van der Waals surface area (Å²) in [6, 6.07) is 17.9. The van der Waals surface area contributed by atoms with E-state index in [9.17, 15) is 9.59 Å². The van der Waals surface area contributed by atoms with Crippen LogP contribution in [0.15, 0.2) is 54.6 Å². The molecular weight excluding hydrogens is 422 g/mol. The van der Waals surface area contributed by atoms with Crippen molar-refractivity contribution in [3.63, 3.8) is 0 Å². The van der Waals surface area contributed by atoms with Crippen molar-refractivity contribution in [1.29, 1.82) is 0 Å². The molecule has 5 nitrogen and oxygen atoms in total. The Morgan fingerprint density at radius 3 is 1.59 bits per heavy atom. The van der Waals surface area contributed by atoms with Gasteiger partial charge in [-0.25, -0.2) is 0 Å². The second-order valence-corrected chi connectivity index (χ2v) is 9.74. The Morgan fingerprint density at radius 1 is 0.529 bits per heavy atom. The van der Waals surface area contributed by atoms with Crippen LogP contribution < -0.4 is 0 Å². The van der Waals surface area contributed by atoms with Crippen molar-refractivity contribution < 1.29 is 9.59 Å². The third kappa shape index (κ3) is 6.77. The molecule has 1 saturated heterocycles. The van der Waals surface area contributed by atoms with Gasteiger partial charge in [0.25, 0.3) is 11.8 Å². The summed E-state index contributed by atoms with van der Waals surface area (Å²) in [4.78, 5) is 31.4. The van der Waals surface area contributed by atoms with Crippen LogP contribution in [0.2, 0.25) is 0 Å². The average Bonchev–Trinajstić information content (AvgIpc) is 3.11. The number of hydrogen-bond donors (Lipinski definition) is 0. The molecule has 0 spiro atoms. The minimum absolute atomic E-state index is 0.127. The third-order valence-electron chi connectivity index (χ3n) is 7.20. The lowest BCUT2D eigenvalue weighted by Gasteiger charge is -2.34. The molecule has 2 aromatic carbocycles. The van der Waals surface area contributed by atoms with E-state index in [1.165, 1.54) is 81.7 Å². The zero-order valence-electron chi connectivity index (χ0n) is 20.5. The lowest BCUT2D eigenvalue weighted by molar-refractivity contribution is 0.0651. The highest BCUT2D eigenvalue weighted by molar-refractivity contribution is 6.21. The normalized spacial score (nSPS) is 16.9. The van der Waals surface area contributed by atoms with Crippen LogP contribution in [-0.2, 0) is 6.54 Å². The Hall–Kier alpha value is -2.50. The molecule has 182 valence electrons. The van der Waals surface area contributed by atoms with Crippen LogP contribution in [0.25, 0.3) is 0 Å². The average molecular weight is 462 g/mol. The van der Waals surface area contributed by atoms with Crippen LogP contribution in [0, 0.1) is 0 Å². The SMILES string of the molecule is O=C1c2ccccc2C(=O)N1CCCCCCCCCCN1CCN(Cc2ccccc2)CC1. The van der Waals surface area contributed by atoms with Gasteiger partial charge in [-0.1, -0.05) is 81.0 Å². The summed E-state index contributed by atoms with van der Waals surface area (Å²) in [6.07, 6.45) is 9.65. The van der Waals surface area contributed by atoms with Gasteiger partial charge in [0.05, 0.1) is 11.1 Å². The Labute approximate surface area is 204 Å². The number of unbranched alkanes of at least 4 members (excludes halogenated alkanes) is 7. The largest absolute Gasteiger partial charge is 0.301 e. The number of hydrogen-bond acceptors (Lipinski definition) is 4. The van der Waals surface area contributed by atoms with Gasteiger partial charge in [0.1, 0.15) is 0 Å². The highest BCUT2D eigenvalue weighted by atomic mass is 16.2. The number of rotatable bonds is 13. The minimum Gasteiger partial charge on any atom is -0.301 e. The summed E-state index contributed by atoms with van der Waals surface area (Å²) < 4.78 is 0. The van der Waals surface area contributed by atoms with Crippen LogP contribution in [0.4, 0.5) is 0 Å². The van der Waals surface area contributed by atoms with Crippen LogP contribution in [-0.4, -0.2) is 65.8 Å². The maximum absolute atomic E-state index is 12.4. The number of fused-ring (bicyclic) bond motifs is 1. The molecule has 0 bridgehead atoms. The molecule has 1 fully saturated rings. The minimum atomic E-state index is -0.127. The van der Waals surface area contributed by atoms with E-state index in [1.807, 2.05) is 12.1 Å². The molecule has 2 aliphatic heterocycles. The molecule has 5 heteroatoms. The van der Waals surface area contributed by atoms with E-state index in [1.54, 1.807) is 12.1 Å². The van der Waals surface area contributed by atoms with Crippen molar-refractivity contribution in [3.8, 4) is 0 Å². The quantitative estimate of drug-likeness (QED) is 0.303. The number of carbonyl (C=O) groups is 2. The van der Waals surface area contributed by atoms with Crippen molar-refractivity contribution in [2.45, 2.75) is 57.9 Å². The fourth-order valence-corrected chi connectivity index (χ4v) is 5.12. The highest BCUT2D eigenvalue weighted by Crippen LogP contribution is 2.23. The topological polar surface area (TPSA) is 43.9 Å². The lowest BCUT2D eigenvalue weighted by atomic mass is 10.1. The summed E-state index contributed by atoms with van der Waals surface area (Å²) in [5.41, 5.74) is 2.53. The molecule has 0 N–H and O–H groups in total. The Kier molecular flexibility index (Phi) is 9.28. The molecule has 0 radical (unpaired) electrons. The van der Waals surface area contributed by atoms with Gasteiger partial charge < -0.3 is 4.90 Å². The zero-order valence-corrected chi connectivity index (χ0v) is 20.5. The van der Waals surface area contributed by atoms with E-state index in [0.29, 0.717) is 17.7 Å².